The molecular formula is C20H16INO. The molecule has 2 aromatic carbocycles. The maximum absolute atomic E-state index is 5.63. The van der Waals surface area contributed by atoms with Crippen LogP contribution in [0.3, 0.4) is 0 Å². The molecule has 0 bridgehead atoms. The van der Waals surface area contributed by atoms with Gasteiger partial charge in [-0.1, -0.05) is 30.3 Å². The molecular weight excluding hydrogens is 397 g/mol. The first-order valence-corrected chi connectivity index (χ1v) is 9.17. The molecule has 0 saturated heterocycles. The molecule has 1 aromatic heterocycles. The second-order valence-electron chi connectivity index (χ2n) is 6.46. The normalized spacial score (nSPS) is 16.7. The first kappa shape index (κ1) is 13.9. The highest BCUT2D eigenvalue weighted by molar-refractivity contribution is 14.1. The number of fused-ring (bicyclic) bond motifs is 2. The molecule has 2 heterocycles. The van der Waals surface area contributed by atoms with Crippen LogP contribution in [-0.2, 0) is 18.0 Å². The SMILES string of the molecule is Ic1c(-c2ccccc2)nc(C2CC2)c2cc3c(cc12)COC3. The number of hydrogen-bond donors (Lipinski definition) is 0. The molecule has 0 unspecified atom stereocenters. The molecule has 1 fully saturated rings. The molecule has 114 valence electrons. The number of aromatic nitrogens is 1. The maximum Gasteiger partial charge on any atom is 0.0845 e. The zero-order valence-corrected chi connectivity index (χ0v) is 14.8. The van der Waals surface area contributed by atoms with Crippen LogP contribution in [0.5, 0.6) is 0 Å². The second-order valence-corrected chi connectivity index (χ2v) is 7.54. The van der Waals surface area contributed by atoms with Crippen LogP contribution in [0, 0.1) is 3.57 Å². The average Bonchev–Trinajstić information content (AvgIpc) is 3.32. The predicted molar refractivity (Wildman–Crippen MR) is 100 cm³/mol. The van der Waals surface area contributed by atoms with Crippen molar-refractivity contribution in [1.29, 1.82) is 0 Å². The van der Waals surface area contributed by atoms with Gasteiger partial charge in [0, 0.05) is 20.4 Å². The minimum Gasteiger partial charge on any atom is -0.372 e. The lowest BCUT2D eigenvalue weighted by atomic mass is 9.98. The summed E-state index contributed by atoms with van der Waals surface area (Å²) in [5.41, 5.74) is 6.29. The smallest absolute Gasteiger partial charge is 0.0845 e. The van der Waals surface area contributed by atoms with E-state index in [2.05, 4.69) is 65.1 Å². The van der Waals surface area contributed by atoms with Gasteiger partial charge in [-0.2, -0.15) is 0 Å². The molecule has 1 saturated carbocycles. The van der Waals surface area contributed by atoms with Crippen LogP contribution in [0.4, 0.5) is 0 Å². The summed E-state index contributed by atoms with van der Waals surface area (Å²) >= 11 is 2.46. The Labute approximate surface area is 149 Å². The molecule has 2 aliphatic rings. The fraction of sp³-hybridized carbons (Fsp3) is 0.250. The van der Waals surface area contributed by atoms with Gasteiger partial charge in [-0.25, -0.2) is 0 Å². The molecule has 0 N–H and O–H groups in total. The van der Waals surface area contributed by atoms with Crippen molar-refractivity contribution < 1.29 is 4.74 Å². The summed E-state index contributed by atoms with van der Waals surface area (Å²) in [4.78, 5) is 5.11. The number of nitrogens with zero attached hydrogens (tertiary/aromatic N) is 1. The van der Waals surface area contributed by atoms with E-state index in [0.717, 1.165) is 18.9 Å². The Balaban J connectivity index is 1.84. The van der Waals surface area contributed by atoms with Crippen LogP contribution in [0.1, 0.15) is 35.6 Å². The van der Waals surface area contributed by atoms with Gasteiger partial charge in [-0.15, -0.1) is 0 Å². The summed E-state index contributed by atoms with van der Waals surface area (Å²) in [6.07, 6.45) is 2.54. The Morgan fingerprint density at radius 2 is 1.65 bits per heavy atom. The maximum atomic E-state index is 5.63. The second kappa shape index (κ2) is 5.28. The van der Waals surface area contributed by atoms with E-state index in [0.29, 0.717) is 5.92 Å². The lowest BCUT2D eigenvalue weighted by Gasteiger charge is -2.14. The Morgan fingerprint density at radius 1 is 0.957 bits per heavy atom. The lowest BCUT2D eigenvalue weighted by molar-refractivity contribution is 0.134. The van der Waals surface area contributed by atoms with E-state index in [1.807, 2.05) is 0 Å². The molecule has 5 rings (SSSR count). The van der Waals surface area contributed by atoms with Crippen molar-refractivity contribution in [2.45, 2.75) is 32.0 Å². The summed E-state index contributed by atoms with van der Waals surface area (Å²) in [7, 11) is 0. The molecule has 2 nitrogen and oxygen atoms in total. The third kappa shape index (κ3) is 2.29. The Hall–Kier alpha value is -1.46. The van der Waals surface area contributed by atoms with E-state index in [9.17, 15) is 0 Å². The van der Waals surface area contributed by atoms with Gasteiger partial charge in [0.2, 0.25) is 0 Å². The standard InChI is InChI=1S/C20H16INO/c21-18-16-8-14-10-23-11-15(14)9-17(16)19(13-6-7-13)22-20(18)12-4-2-1-3-5-12/h1-5,8-9,13H,6-7,10-11H2. The molecule has 0 radical (unpaired) electrons. The number of halogens is 1. The minimum absolute atomic E-state index is 0.636. The summed E-state index contributed by atoms with van der Waals surface area (Å²) in [5, 5.41) is 2.67. The summed E-state index contributed by atoms with van der Waals surface area (Å²) in [6, 6.07) is 15.2. The van der Waals surface area contributed by atoms with Gasteiger partial charge in [-0.3, -0.25) is 4.98 Å². The molecule has 1 aliphatic heterocycles. The Morgan fingerprint density at radius 3 is 2.35 bits per heavy atom. The quantitative estimate of drug-likeness (QED) is 0.524. The highest BCUT2D eigenvalue weighted by atomic mass is 127. The number of hydrogen-bond acceptors (Lipinski definition) is 2. The van der Waals surface area contributed by atoms with Gasteiger partial charge in [0.25, 0.3) is 0 Å². The lowest BCUT2D eigenvalue weighted by Crippen LogP contribution is -1.98. The van der Waals surface area contributed by atoms with Crippen LogP contribution < -0.4 is 0 Å². The van der Waals surface area contributed by atoms with Gasteiger partial charge in [0.05, 0.1) is 24.6 Å². The summed E-state index contributed by atoms with van der Waals surface area (Å²) in [5.74, 6) is 0.636. The van der Waals surface area contributed by atoms with Crippen LogP contribution in [0.25, 0.3) is 22.0 Å². The molecule has 3 aromatic rings. The molecule has 3 heteroatoms. The fourth-order valence-corrected chi connectivity index (χ4v) is 4.31. The zero-order chi connectivity index (χ0) is 15.4. The van der Waals surface area contributed by atoms with E-state index in [1.165, 1.54) is 49.6 Å². The van der Waals surface area contributed by atoms with Gasteiger partial charge in [0.1, 0.15) is 0 Å². The predicted octanol–water partition coefficient (Wildman–Crippen LogP) is 5.41. The first-order valence-electron chi connectivity index (χ1n) is 8.09. The third-order valence-corrected chi connectivity index (χ3v) is 5.91. The first-order chi connectivity index (χ1) is 11.3. The van der Waals surface area contributed by atoms with Crippen molar-refractivity contribution in [2.24, 2.45) is 0 Å². The van der Waals surface area contributed by atoms with Crippen LogP contribution >= 0.6 is 22.6 Å². The van der Waals surface area contributed by atoms with Crippen molar-refractivity contribution in [3.05, 3.63) is 62.9 Å². The number of ether oxygens (including phenoxy) is 1. The van der Waals surface area contributed by atoms with Gasteiger partial charge in [-0.05, 0) is 64.1 Å². The monoisotopic (exact) mass is 413 g/mol. The van der Waals surface area contributed by atoms with Gasteiger partial charge in [0.15, 0.2) is 0 Å². The van der Waals surface area contributed by atoms with E-state index < -0.39 is 0 Å². The van der Waals surface area contributed by atoms with Crippen LogP contribution in [0.2, 0.25) is 0 Å². The summed E-state index contributed by atoms with van der Waals surface area (Å²) in [6.45, 7) is 1.48. The van der Waals surface area contributed by atoms with Crippen molar-refractivity contribution in [2.75, 3.05) is 0 Å². The van der Waals surface area contributed by atoms with E-state index in [4.69, 9.17) is 9.72 Å². The molecule has 23 heavy (non-hydrogen) atoms. The molecule has 0 atom stereocenters. The molecule has 0 spiro atoms. The summed E-state index contributed by atoms with van der Waals surface area (Å²) < 4.78 is 6.89. The van der Waals surface area contributed by atoms with Gasteiger partial charge < -0.3 is 4.74 Å². The van der Waals surface area contributed by atoms with Crippen LogP contribution in [0.15, 0.2) is 42.5 Å². The average molecular weight is 413 g/mol. The van der Waals surface area contributed by atoms with E-state index in [-0.39, 0.29) is 0 Å². The Bertz CT molecular complexity index is 916. The van der Waals surface area contributed by atoms with E-state index >= 15 is 0 Å². The van der Waals surface area contributed by atoms with Crippen molar-refractivity contribution in [1.82, 2.24) is 4.98 Å². The highest BCUT2D eigenvalue weighted by Crippen LogP contribution is 2.45. The number of benzene rings is 2. The van der Waals surface area contributed by atoms with Crippen molar-refractivity contribution in [3.63, 3.8) is 0 Å². The largest absolute Gasteiger partial charge is 0.372 e. The highest BCUT2D eigenvalue weighted by Gasteiger charge is 2.29. The topological polar surface area (TPSA) is 22.1 Å². The van der Waals surface area contributed by atoms with Gasteiger partial charge >= 0.3 is 0 Å². The zero-order valence-electron chi connectivity index (χ0n) is 12.7. The number of rotatable bonds is 2. The molecule has 1 aliphatic carbocycles. The van der Waals surface area contributed by atoms with Crippen molar-refractivity contribution in [3.8, 4) is 11.3 Å². The van der Waals surface area contributed by atoms with E-state index in [1.54, 1.807) is 0 Å². The number of pyridine rings is 1. The fourth-order valence-electron chi connectivity index (χ4n) is 3.44. The Kier molecular flexibility index (Phi) is 3.20. The molecule has 0 amide bonds. The third-order valence-electron chi connectivity index (χ3n) is 4.82. The van der Waals surface area contributed by atoms with Crippen molar-refractivity contribution >= 4 is 33.4 Å². The van der Waals surface area contributed by atoms with Crippen LogP contribution in [-0.4, -0.2) is 4.98 Å². The minimum atomic E-state index is 0.636.